The second kappa shape index (κ2) is 5.74. The number of ether oxygens (including phenoxy) is 2. The third kappa shape index (κ3) is 4.92. The molecule has 17 heavy (non-hydrogen) atoms. The number of anilines is 1. The average Bonchev–Trinajstić information content (AvgIpc) is 2.20. The fourth-order valence-electron chi connectivity index (χ4n) is 1.17. The molecular weight excluding hydrogens is 246 g/mol. The van der Waals surface area contributed by atoms with Gasteiger partial charge in [-0.05, 0) is 19.1 Å². The van der Waals surface area contributed by atoms with Crippen molar-refractivity contribution in [2.24, 2.45) is 0 Å². The first kappa shape index (κ1) is 13.6. The maximum Gasteiger partial charge on any atom is 0.268 e. The Bertz CT molecular complexity index is 472. The van der Waals surface area contributed by atoms with Crippen LogP contribution in [0.4, 0.5) is 5.69 Å². The zero-order valence-corrected chi connectivity index (χ0v) is 10.2. The largest absolute Gasteiger partial charge is 0.492 e. The van der Waals surface area contributed by atoms with E-state index in [1.807, 2.05) is 6.92 Å². The Balaban J connectivity index is 2.58. The van der Waals surface area contributed by atoms with E-state index >= 15 is 0 Å². The van der Waals surface area contributed by atoms with Gasteiger partial charge in [0.1, 0.15) is 23.9 Å². The SMILES string of the molecule is CCOc1ccc(OCCS(=O)(=O)O)cc1N. The number of hydrogen-bond donors (Lipinski definition) is 2. The highest BCUT2D eigenvalue weighted by Gasteiger charge is 2.06. The first-order valence-corrected chi connectivity index (χ1v) is 6.63. The minimum absolute atomic E-state index is 0.133. The number of benzene rings is 1. The van der Waals surface area contributed by atoms with Gasteiger partial charge in [-0.2, -0.15) is 8.42 Å². The highest BCUT2D eigenvalue weighted by Crippen LogP contribution is 2.26. The maximum absolute atomic E-state index is 10.5. The van der Waals surface area contributed by atoms with Crippen LogP contribution < -0.4 is 15.2 Å². The summed E-state index contributed by atoms with van der Waals surface area (Å²) in [6.45, 7) is 2.22. The summed E-state index contributed by atoms with van der Waals surface area (Å²) >= 11 is 0. The topological polar surface area (TPSA) is 98.8 Å². The summed E-state index contributed by atoms with van der Waals surface area (Å²) in [5.41, 5.74) is 6.11. The Kier molecular flexibility index (Phi) is 4.59. The lowest BCUT2D eigenvalue weighted by Crippen LogP contribution is -2.12. The second-order valence-corrected chi connectivity index (χ2v) is 4.84. The van der Waals surface area contributed by atoms with Crippen LogP contribution in [0.15, 0.2) is 18.2 Å². The molecule has 0 spiro atoms. The Morgan fingerprint density at radius 3 is 2.59 bits per heavy atom. The monoisotopic (exact) mass is 261 g/mol. The lowest BCUT2D eigenvalue weighted by Gasteiger charge is -2.09. The van der Waals surface area contributed by atoms with Crippen molar-refractivity contribution < 1.29 is 22.4 Å². The van der Waals surface area contributed by atoms with E-state index in [0.29, 0.717) is 23.8 Å². The van der Waals surface area contributed by atoms with E-state index in [2.05, 4.69) is 0 Å². The quantitative estimate of drug-likeness (QED) is 0.584. The molecule has 0 aliphatic heterocycles. The van der Waals surface area contributed by atoms with Crippen molar-refractivity contribution in [1.82, 2.24) is 0 Å². The lowest BCUT2D eigenvalue weighted by molar-refractivity contribution is 0.329. The normalized spacial score (nSPS) is 11.2. The van der Waals surface area contributed by atoms with Crippen LogP contribution in [0.25, 0.3) is 0 Å². The Hall–Kier alpha value is -1.47. The molecule has 1 rings (SSSR count). The standard InChI is InChI=1S/C10H15NO5S/c1-2-15-10-4-3-8(7-9(10)11)16-5-6-17(12,13)14/h3-4,7H,2,5-6,11H2,1H3,(H,12,13,14). The molecule has 1 aromatic rings. The summed E-state index contributed by atoms with van der Waals surface area (Å²) < 4.78 is 39.8. The van der Waals surface area contributed by atoms with Crippen molar-refractivity contribution in [1.29, 1.82) is 0 Å². The van der Waals surface area contributed by atoms with Gasteiger partial charge in [0.15, 0.2) is 0 Å². The molecule has 0 unspecified atom stereocenters. The van der Waals surface area contributed by atoms with E-state index in [4.69, 9.17) is 19.8 Å². The molecule has 0 radical (unpaired) electrons. The molecule has 0 amide bonds. The second-order valence-electron chi connectivity index (χ2n) is 3.27. The van der Waals surface area contributed by atoms with Crippen molar-refractivity contribution in [3.05, 3.63) is 18.2 Å². The smallest absolute Gasteiger partial charge is 0.268 e. The molecule has 0 aliphatic rings. The van der Waals surface area contributed by atoms with Crippen LogP contribution in [-0.2, 0) is 10.1 Å². The molecule has 0 aromatic heterocycles. The van der Waals surface area contributed by atoms with Gasteiger partial charge in [-0.3, -0.25) is 4.55 Å². The minimum Gasteiger partial charge on any atom is -0.492 e. The van der Waals surface area contributed by atoms with Gasteiger partial charge in [-0.15, -0.1) is 0 Å². The summed E-state index contributed by atoms with van der Waals surface area (Å²) in [5, 5.41) is 0. The van der Waals surface area contributed by atoms with Crippen LogP contribution >= 0.6 is 0 Å². The van der Waals surface area contributed by atoms with Crippen LogP contribution in [0, 0.1) is 0 Å². The van der Waals surface area contributed by atoms with Gasteiger partial charge in [0.05, 0.1) is 12.3 Å². The van der Waals surface area contributed by atoms with Gasteiger partial charge in [-0.1, -0.05) is 0 Å². The molecule has 7 heteroatoms. The number of nitrogens with two attached hydrogens (primary N) is 1. The Morgan fingerprint density at radius 2 is 2.06 bits per heavy atom. The van der Waals surface area contributed by atoms with Crippen molar-refractivity contribution in [2.75, 3.05) is 24.7 Å². The van der Waals surface area contributed by atoms with Gasteiger partial charge < -0.3 is 15.2 Å². The van der Waals surface area contributed by atoms with Crippen LogP contribution in [-0.4, -0.2) is 31.9 Å². The summed E-state index contributed by atoms with van der Waals surface area (Å²) in [4.78, 5) is 0. The number of rotatable bonds is 6. The molecule has 0 bridgehead atoms. The van der Waals surface area contributed by atoms with Crippen LogP contribution in [0.3, 0.4) is 0 Å². The zero-order valence-electron chi connectivity index (χ0n) is 9.42. The van der Waals surface area contributed by atoms with Crippen molar-refractivity contribution in [3.63, 3.8) is 0 Å². The Morgan fingerprint density at radius 1 is 1.35 bits per heavy atom. The van der Waals surface area contributed by atoms with Crippen molar-refractivity contribution in [2.45, 2.75) is 6.92 Å². The minimum atomic E-state index is -4.00. The molecule has 6 nitrogen and oxygen atoms in total. The molecule has 0 saturated heterocycles. The summed E-state index contributed by atoms with van der Waals surface area (Å²) in [6.07, 6.45) is 0. The highest BCUT2D eigenvalue weighted by molar-refractivity contribution is 7.85. The van der Waals surface area contributed by atoms with E-state index in [-0.39, 0.29) is 6.61 Å². The molecule has 0 saturated carbocycles. The van der Waals surface area contributed by atoms with E-state index in [9.17, 15) is 8.42 Å². The number of nitrogen functional groups attached to an aromatic ring is 1. The molecule has 1 aromatic carbocycles. The fraction of sp³-hybridized carbons (Fsp3) is 0.400. The molecule has 0 heterocycles. The van der Waals surface area contributed by atoms with Crippen LogP contribution in [0.2, 0.25) is 0 Å². The zero-order chi connectivity index (χ0) is 12.9. The lowest BCUT2D eigenvalue weighted by atomic mass is 10.3. The van der Waals surface area contributed by atoms with Crippen LogP contribution in [0.5, 0.6) is 11.5 Å². The number of hydrogen-bond acceptors (Lipinski definition) is 5. The Labute approximate surface area is 100 Å². The molecule has 0 aliphatic carbocycles. The third-order valence-corrected chi connectivity index (χ3v) is 2.57. The van der Waals surface area contributed by atoms with Crippen molar-refractivity contribution in [3.8, 4) is 11.5 Å². The van der Waals surface area contributed by atoms with Gasteiger partial charge >= 0.3 is 0 Å². The first-order valence-electron chi connectivity index (χ1n) is 5.02. The van der Waals surface area contributed by atoms with E-state index < -0.39 is 15.9 Å². The molecule has 0 fully saturated rings. The van der Waals surface area contributed by atoms with E-state index in [1.54, 1.807) is 12.1 Å². The van der Waals surface area contributed by atoms with Crippen LogP contribution in [0.1, 0.15) is 6.92 Å². The summed E-state index contributed by atoms with van der Waals surface area (Å²) in [5.74, 6) is 0.518. The predicted octanol–water partition coefficient (Wildman–Crippen LogP) is 0.934. The first-order chi connectivity index (χ1) is 7.92. The van der Waals surface area contributed by atoms with Gasteiger partial charge in [0, 0.05) is 6.07 Å². The molecular formula is C10H15NO5S. The summed E-state index contributed by atoms with van der Waals surface area (Å²) in [7, 11) is -4.00. The predicted molar refractivity (Wildman–Crippen MR) is 63.9 cm³/mol. The molecule has 3 N–H and O–H groups in total. The fourth-order valence-corrected chi connectivity index (χ4v) is 1.46. The maximum atomic E-state index is 10.5. The third-order valence-electron chi connectivity index (χ3n) is 1.89. The molecule has 96 valence electrons. The van der Waals surface area contributed by atoms with Gasteiger partial charge in [-0.25, -0.2) is 0 Å². The average molecular weight is 261 g/mol. The van der Waals surface area contributed by atoms with E-state index in [0.717, 1.165) is 0 Å². The van der Waals surface area contributed by atoms with Gasteiger partial charge in [0.2, 0.25) is 0 Å². The van der Waals surface area contributed by atoms with E-state index in [1.165, 1.54) is 6.07 Å². The highest BCUT2D eigenvalue weighted by atomic mass is 32.2. The van der Waals surface area contributed by atoms with Crippen molar-refractivity contribution >= 4 is 15.8 Å². The summed E-state index contributed by atoms with van der Waals surface area (Å²) in [6, 6.07) is 4.79. The van der Waals surface area contributed by atoms with Gasteiger partial charge in [0.25, 0.3) is 10.1 Å². The molecule has 0 atom stereocenters.